The van der Waals surface area contributed by atoms with E-state index in [4.69, 9.17) is 14.2 Å². The van der Waals surface area contributed by atoms with Gasteiger partial charge in [-0.1, -0.05) is 30.3 Å². The largest absolute Gasteiger partial charge is 0.492 e. The van der Waals surface area contributed by atoms with Crippen molar-refractivity contribution in [2.75, 3.05) is 27.5 Å². The van der Waals surface area contributed by atoms with Gasteiger partial charge in [-0.05, 0) is 36.0 Å². The molecular formula is C24H27N3O5. The lowest BCUT2D eigenvalue weighted by Gasteiger charge is -2.17. The molecule has 1 fully saturated rings. The normalized spacial score (nSPS) is 18.5. The molecule has 0 unspecified atom stereocenters. The molecular weight excluding hydrogens is 410 g/mol. The molecule has 168 valence electrons. The molecule has 4 rings (SSSR count). The fraction of sp³-hybridized carbons (Fsp3) is 0.375. The van der Waals surface area contributed by atoms with Crippen LogP contribution in [-0.4, -0.2) is 50.4 Å². The summed E-state index contributed by atoms with van der Waals surface area (Å²) in [5.74, 6) is 1.64. The van der Waals surface area contributed by atoms with Gasteiger partial charge >= 0.3 is 0 Å². The van der Waals surface area contributed by atoms with E-state index >= 15 is 0 Å². The lowest BCUT2D eigenvalue weighted by atomic mass is 10.0. The molecule has 2 amide bonds. The minimum atomic E-state index is -0.104. The van der Waals surface area contributed by atoms with E-state index in [1.54, 1.807) is 25.3 Å². The summed E-state index contributed by atoms with van der Waals surface area (Å²) in [6.45, 7) is 2.16. The first-order valence-corrected chi connectivity index (χ1v) is 10.6. The van der Waals surface area contributed by atoms with Crippen molar-refractivity contribution in [2.45, 2.75) is 25.7 Å². The molecule has 0 aromatic heterocycles. The molecule has 0 saturated heterocycles. The van der Waals surface area contributed by atoms with Crippen LogP contribution in [-0.2, 0) is 16.0 Å². The average molecular weight is 437 g/mol. The zero-order valence-corrected chi connectivity index (χ0v) is 18.5. The van der Waals surface area contributed by atoms with Gasteiger partial charge in [-0.3, -0.25) is 9.59 Å². The van der Waals surface area contributed by atoms with Crippen LogP contribution in [0.3, 0.4) is 0 Å². The molecule has 1 aliphatic carbocycles. The molecule has 0 bridgehead atoms. The van der Waals surface area contributed by atoms with Gasteiger partial charge in [-0.2, -0.15) is 5.10 Å². The predicted molar refractivity (Wildman–Crippen MR) is 119 cm³/mol. The number of carbonyl (C=O) groups excluding carboxylic acids is 2. The van der Waals surface area contributed by atoms with Crippen molar-refractivity contribution in [1.82, 2.24) is 10.3 Å². The second-order valence-electron chi connectivity index (χ2n) is 8.00. The Morgan fingerprint density at radius 3 is 2.78 bits per heavy atom. The zero-order valence-electron chi connectivity index (χ0n) is 18.5. The van der Waals surface area contributed by atoms with Crippen molar-refractivity contribution in [3.63, 3.8) is 0 Å². The highest BCUT2D eigenvalue weighted by Gasteiger charge is 2.43. The Labute approximate surface area is 187 Å². The maximum atomic E-state index is 12.6. The van der Waals surface area contributed by atoms with Gasteiger partial charge in [0.2, 0.25) is 24.4 Å². The topological polar surface area (TPSA) is 89.5 Å². The van der Waals surface area contributed by atoms with Gasteiger partial charge in [0.1, 0.15) is 0 Å². The van der Waals surface area contributed by atoms with E-state index in [2.05, 4.69) is 10.5 Å². The Morgan fingerprint density at radius 1 is 1.28 bits per heavy atom. The van der Waals surface area contributed by atoms with Gasteiger partial charge in [-0.25, -0.2) is 5.43 Å². The molecule has 0 spiro atoms. The molecule has 8 nitrogen and oxygen atoms in total. The van der Waals surface area contributed by atoms with Crippen LogP contribution in [0.15, 0.2) is 41.5 Å². The van der Waals surface area contributed by atoms with E-state index in [0.29, 0.717) is 35.8 Å². The third kappa shape index (κ3) is 4.54. The lowest BCUT2D eigenvalue weighted by molar-refractivity contribution is -0.127. The van der Waals surface area contributed by atoms with Crippen LogP contribution in [0.1, 0.15) is 36.0 Å². The molecule has 1 aliphatic heterocycles. The number of benzene rings is 2. The summed E-state index contributed by atoms with van der Waals surface area (Å²) in [7, 11) is 3.30. The average Bonchev–Trinajstić information content (AvgIpc) is 3.47. The first kappa shape index (κ1) is 21.7. The van der Waals surface area contributed by atoms with E-state index in [9.17, 15) is 9.59 Å². The van der Waals surface area contributed by atoms with Crippen LogP contribution in [0.4, 0.5) is 0 Å². The SMILES string of the molecule is COc1c(C=NNC(=O)[C@H]2C[C@@H]2c2ccccc2)c(CCN(C)C(C)=O)cc2c1OCO2. The van der Waals surface area contributed by atoms with Crippen LogP contribution in [0.5, 0.6) is 17.2 Å². The maximum absolute atomic E-state index is 12.6. The van der Waals surface area contributed by atoms with E-state index in [1.165, 1.54) is 12.5 Å². The molecule has 1 saturated carbocycles. The van der Waals surface area contributed by atoms with Crippen molar-refractivity contribution in [2.24, 2.45) is 11.0 Å². The van der Waals surface area contributed by atoms with Crippen molar-refractivity contribution in [1.29, 1.82) is 0 Å². The Balaban J connectivity index is 1.49. The quantitative estimate of drug-likeness (QED) is 0.507. The van der Waals surface area contributed by atoms with Crippen molar-refractivity contribution < 1.29 is 23.8 Å². The van der Waals surface area contributed by atoms with Crippen LogP contribution in [0.25, 0.3) is 0 Å². The van der Waals surface area contributed by atoms with Crippen molar-refractivity contribution in [3.8, 4) is 17.2 Å². The number of nitrogens with one attached hydrogen (secondary N) is 1. The lowest BCUT2D eigenvalue weighted by Crippen LogP contribution is -2.26. The van der Waals surface area contributed by atoms with Gasteiger partial charge in [-0.15, -0.1) is 0 Å². The number of hydrogen-bond donors (Lipinski definition) is 1. The number of methoxy groups -OCH3 is 1. The second-order valence-corrected chi connectivity index (χ2v) is 8.00. The number of likely N-dealkylation sites (N-methyl/N-ethyl adjacent to an activating group) is 1. The van der Waals surface area contributed by atoms with E-state index < -0.39 is 0 Å². The molecule has 1 heterocycles. The highest BCUT2D eigenvalue weighted by atomic mass is 16.7. The summed E-state index contributed by atoms with van der Waals surface area (Å²) in [6, 6.07) is 11.9. The predicted octanol–water partition coefficient (Wildman–Crippen LogP) is 2.70. The van der Waals surface area contributed by atoms with Gasteiger partial charge in [0.15, 0.2) is 11.5 Å². The van der Waals surface area contributed by atoms with E-state index in [-0.39, 0.29) is 30.4 Å². The molecule has 32 heavy (non-hydrogen) atoms. The van der Waals surface area contributed by atoms with E-state index in [0.717, 1.165) is 12.0 Å². The highest BCUT2D eigenvalue weighted by Crippen LogP contribution is 2.47. The summed E-state index contributed by atoms with van der Waals surface area (Å²) in [6.07, 6.45) is 2.96. The monoisotopic (exact) mass is 437 g/mol. The molecule has 8 heteroatoms. The number of amides is 2. The van der Waals surface area contributed by atoms with Gasteiger partial charge in [0.05, 0.1) is 13.3 Å². The summed E-state index contributed by atoms with van der Waals surface area (Å²) >= 11 is 0. The van der Waals surface area contributed by atoms with Gasteiger partial charge in [0, 0.05) is 32.0 Å². The molecule has 2 atom stereocenters. The first-order chi connectivity index (χ1) is 15.5. The molecule has 0 radical (unpaired) electrons. The minimum absolute atomic E-state index is 0.0161. The number of hydrazone groups is 1. The first-order valence-electron chi connectivity index (χ1n) is 10.6. The fourth-order valence-corrected chi connectivity index (χ4v) is 3.87. The number of hydrogen-bond acceptors (Lipinski definition) is 6. The van der Waals surface area contributed by atoms with Gasteiger partial charge in [0.25, 0.3) is 0 Å². The summed E-state index contributed by atoms with van der Waals surface area (Å²) in [4.78, 5) is 25.8. The van der Waals surface area contributed by atoms with Gasteiger partial charge < -0.3 is 19.1 Å². The molecule has 2 aliphatic rings. The number of carbonyl (C=O) groups is 2. The van der Waals surface area contributed by atoms with Crippen LogP contribution < -0.4 is 19.6 Å². The third-order valence-corrected chi connectivity index (χ3v) is 5.93. The summed E-state index contributed by atoms with van der Waals surface area (Å²) < 4.78 is 16.7. The van der Waals surface area contributed by atoms with Crippen molar-refractivity contribution in [3.05, 3.63) is 53.1 Å². The Bertz CT molecular complexity index is 1040. The molecule has 1 N–H and O–H groups in total. The Kier molecular flexibility index (Phi) is 6.30. The number of nitrogens with zero attached hydrogens (tertiary/aromatic N) is 2. The van der Waals surface area contributed by atoms with Crippen LogP contribution >= 0.6 is 0 Å². The Hall–Kier alpha value is -3.55. The zero-order chi connectivity index (χ0) is 22.7. The standard InChI is InChI=1S/C24H27N3O5/c1-15(28)27(2)10-9-17-11-21-23(32-14-31-21)22(30-3)20(17)13-25-26-24(29)19-12-18(19)16-7-5-4-6-8-16/h4-8,11,13,18-19H,9-10,12,14H2,1-3H3,(H,26,29)/t18-,19+/m1/s1. The third-order valence-electron chi connectivity index (χ3n) is 5.93. The fourth-order valence-electron chi connectivity index (χ4n) is 3.87. The number of ether oxygens (including phenoxy) is 3. The minimum Gasteiger partial charge on any atom is -0.492 e. The Morgan fingerprint density at radius 2 is 2.06 bits per heavy atom. The van der Waals surface area contributed by atoms with Crippen molar-refractivity contribution >= 4 is 18.0 Å². The van der Waals surface area contributed by atoms with Crippen LogP contribution in [0.2, 0.25) is 0 Å². The molecule has 2 aromatic carbocycles. The molecule has 2 aromatic rings. The smallest absolute Gasteiger partial charge is 0.243 e. The summed E-state index contributed by atoms with van der Waals surface area (Å²) in [5.41, 5.74) is 5.40. The summed E-state index contributed by atoms with van der Waals surface area (Å²) in [5, 5.41) is 4.21. The van der Waals surface area contributed by atoms with Crippen LogP contribution in [0, 0.1) is 5.92 Å². The second kappa shape index (κ2) is 9.30. The maximum Gasteiger partial charge on any atom is 0.243 e. The number of rotatable bonds is 8. The highest BCUT2D eigenvalue weighted by molar-refractivity contribution is 5.90. The number of fused-ring (bicyclic) bond motifs is 1. The van der Waals surface area contributed by atoms with E-state index in [1.807, 2.05) is 36.4 Å².